The van der Waals surface area contributed by atoms with Gasteiger partial charge in [0.15, 0.2) is 0 Å². The van der Waals surface area contributed by atoms with Crippen LogP contribution in [0.3, 0.4) is 0 Å². The standard InChI is InChI=1S/C20H24N2O2/c1-15-6-3-8-17(12-15)19-10-5-11-22(19)20(23)21-14-16-7-4-9-18(13-16)24-2/h3-4,6-9,12-13,19H,5,10-11,14H2,1-2H3,(H,21,23). The van der Waals surface area contributed by atoms with Crippen LogP contribution in [0, 0.1) is 6.92 Å². The van der Waals surface area contributed by atoms with E-state index < -0.39 is 0 Å². The number of rotatable bonds is 4. The summed E-state index contributed by atoms with van der Waals surface area (Å²) in [5, 5.41) is 3.04. The molecule has 24 heavy (non-hydrogen) atoms. The van der Waals surface area contributed by atoms with E-state index in [2.05, 4.69) is 36.5 Å². The van der Waals surface area contributed by atoms with Gasteiger partial charge in [-0.25, -0.2) is 4.79 Å². The molecule has 2 amide bonds. The Labute approximate surface area is 143 Å². The highest BCUT2D eigenvalue weighted by atomic mass is 16.5. The van der Waals surface area contributed by atoms with E-state index in [9.17, 15) is 4.79 Å². The van der Waals surface area contributed by atoms with E-state index in [0.717, 1.165) is 30.7 Å². The summed E-state index contributed by atoms with van der Waals surface area (Å²) < 4.78 is 5.22. The fourth-order valence-corrected chi connectivity index (χ4v) is 3.30. The highest BCUT2D eigenvalue weighted by Crippen LogP contribution is 2.32. The van der Waals surface area contributed by atoms with E-state index in [0.29, 0.717) is 6.54 Å². The van der Waals surface area contributed by atoms with Crippen molar-refractivity contribution in [2.75, 3.05) is 13.7 Å². The lowest BCUT2D eigenvalue weighted by molar-refractivity contribution is 0.192. The monoisotopic (exact) mass is 324 g/mol. The van der Waals surface area contributed by atoms with Crippen LogP contribution in [-0.2, 0) is 6.54 Å². The van der Waals surface area contributed by atoms with E-state index in [1.165, 1.54) is 11.1 Å². The minimum Gasteiger partial charge on any atom is -0.497 e. The van der Waals surface area contributed by atoms with Gasteiger partial charge in [-0.3, -0.25) is 0 Å². The number of aryl methyl sites for hydroxylation is 1. The van der Waals surface area contributed by atoms with E-state index in [1.54, 1.807) is 7.11 Å². The maximum absolute atomic E-state index is 12.6. The molecule has 3 rings (SSSR count). The van der Waals surface area contributed by atoms with Crippen molar-refractivity contribution in [2.24, 2.45) is 0 Å². The van der Waals surface area contributed by atoms with Gasteiger partial charge < -0.3 is 15.0 Å². The Hall–Kier alpha value is -2.49. The average molecular weight is 324 g/mol. The van der Waals surface area contributed by atoms with Crippen LogP contribution in [-0.4, -0.2) is 24.6 Å². The Morgan fingerprint density at radius 1 is 1.25 bits per heavy atom. The number of hydrogen-bond acceptors (Lipinski definition) is 2. The summed E-state index contributed by atoms with van der Waals surface area (Å²) in [6.07, 6.45) is 2.07. The summed E-state index contributed by atoms with van der Waals surface area (Å²) in [6.45, 7) is 3.40. The molecule has 1 atom stereocenters. The number of ether oxygens (including phenoxy) is 1. The molecule has 1 unspecified atom stereocenters. The molecular formula is C20H24N2O2. The third kappa shape index (κ3) is 3.70. The fourth-order valence-electron chi connectivity index (χ4n) is 3.30. The summed E-state index contributed by atoms with van der Waals surface area (Å²) in [6, 6.07) is 16.4. The van der Waals surface area contributed by atoms with Crippen LogP contribution < -0.4 is 10.1 Å². The number of carbonyl (C=O) groups is 1. The number of nitrogens with zero attached hydrogens (tertiary/aromatic N) is 1. The predicted octanol–water partition coefficient (Wildman–Crippen LogP) is 4.05. The molecule has 2 aromatic carbocycles. The summed E-state index contributed by atoms with van der Waals surface area (Å²) in [5.41, 5.74) is 3.49. The number of urea groups is 1. The molecular weight excluding hydrogens is 300 g/mol. The van der Waals surface area contributed by atoms with E-state index in [4.69, 9.17) is 4.74 Å². The van der Waals surface area contributed by atoms with Gasteiger partial charge in [-0.15, -0.1) is 0 Å². The molecule has 0 spiro atoms. The molecule has 1 saturated heterocycles. The van der Waals surface area contributed by atoms with Gasteiger partial charge in [-0.1, -0.05) is 42.0 Å². The van der Waals surface area contributed by atoms with Gasteiger partial charge in [0, 0.05) is 13.1 Å². The van der Waals surface area contributed by atoms with Crippen molar-refractivity contribution in [1.29, 1.82) is 0 Å². The van der Waals surface area contributed by atoms with Crippen molar-refractivity contribution < 1.29 is 9.53 Å². The summed E-state index contributed by atoms with van der Waals surface area (Å²) >= 11 is 0. The molecule has 126 valence electrons. The predicted molar refractivity (Wildman–Crippen MR) is 95.1 cm³/mol. The van der Waals surface area contributed by atoms with Gasteiger partial charge >= 0.3 is 6.03 Å². The number of benzene rings is 2. The van der Waals surface area contributed by atoms with Crippen LogP contribution in [0.1, 0.15) is 35.6 Å². The summed E-state index contributed by atoms with van der Waals surface area (Å²) in [7, 11) is 1.65. The summed E-state index contributed by atoms with van der Waals surface area (Å²) in [4.78, 5) is 14.6. The Kier molecular flexibility index (Phi) is 5.04. The smallest absolute Gasteiger partial charge is 0.318 e. The third-order valence-corrected chi connectivity index (χ3v) is 4.52. The number of hydrogen-bond donors (Lipinski definition) is 1. The highest BCUT2D eigenvalue weighted by Gasteiger charge is 2.29. The molecule has 1 heterocycles. The molecule has 0 aliphatic carbocycles. The maximum atomic E-state index is 12.6. The van der Waals surface area contributed by atoms with Crippen LogP contribution in [0.2, 0.25) is 0 Å². The molecule has 4 heteroatoms. The lowest BCUT2D eigenvalue weighted by atomic mass is 10.0. The maximum Gasteiger partial charge on any atom is 0.318 e. The van der Waals surface area contributed by atoms with Gasteiger partial charge in [-0.2, -0.15) is 0 Å². The van der Waals surface area contributed by atoms with Crippen molar-refractivity contribution in [1.82, 2.24) is 10.2 Å². The van der Waals surface area contributed by atoms with Crippen molar-refractivity contribution in [2.45, 2.75) is 32.4 Å². The van der Waals surface area contributed by atoms with Crippen LogP contribution in [0.4, 0.5) is 4.79 Å². The van der Waals surface area contributed by atoms with Gasteiger partial charge in [0.2, 0.25) is 0 Å². The quantitative estimate of drug-likeness (QED) is 0.922. The van der Waals surface area contributed by atoms with Crippen molar-refractivity contribution in [3.05, 3.63) is 65.2 Å². The minimum atomic E-state index is 0.00169. The first kappa shape index (κ1) is 16.4. The second-order valence-electron chi connectivity index (χ2n) is 6.28. The Balaban J connectivity index is 1.65. The normalized spacial score (nSPS) is 16.9. The molecule has 4 nitrogen and oxygen atoms in total. The van der Waals surface area contributed by atoms with Crippen molar-refractivity contribution in [3.63, 3.8) is 0 Å². The number of amides is 2. The number of carbonyl (C=O) groups excluding carboxylic acids is 1. The van der Waals surface area contributed by atoms with Crippen LogP contribution >= 0.6 is 0 Å². The molecule has 1 fully saturated rings. The van der Waals surface area contributed by atoms with Crippen LogP contribution in [0.5, 0.6) is 5.75 Å². The zero-order chi connectivity index (χ0) is 16.9. The lowest BCUT2D eigenvalue weighted by Gasteiger charge is -2.25. The SMILES string of the molecule is COc1cccc(CNC(=O)N2CCCC2c2cccc(C)c2)c1. The molecule has 2 aromatic rings. The lowest BCUT2D eigenvalue weighted by Crippen LogP contribution is -2.39. The molecule has 1 aliphatic rings. The Morgan fingerprint density at radius 3 is 2.88 bits per heavy atom. The summed E-state index contributed by atoms with van der Waals surface area (Å²) in [5.74, 6) is 0.806. The number of nitrogens with one attached hydrogen (secondary N) is 1. The fraction of sp³-hybridized carbons (Fsp3) is 0.350. The highest BCUT2D eigenvalue weighted by molar-refractivity contribution is 5.75. The van der Waals surface area contributed by atoms with Gasteiger partial charge in [0.05, 0.1) is 13.2 Å². The molecule has 0 radical (unpaired) electrons. The topological polar surface area (TPSA) is 41.6 Å². The van der Waals surface area contributed by atoms with E-state index in [1.807, 2.05) is 29.2 Å². The second kappa shape index (κ2) is 7.39. The van der Waals surface area contributed by atoms with Crippen molar-refractivity contribution in [3.8, 4) is 5.75 Å². The van der Waals surface area contributed by atoms with Crippen molar-refractivity contribution >= 4 is 6.03 Å². The first-order valence-electron chi connectivity index (χ1n) is 8.41. The molecule has 0 bridgehead atoms. The number of likely N-dealkylation sites (tertiary alicyclic amines) is 1. The Morgan fingerprint density at radius 2 is 2.08 bits per heavy atom. The van der Waals surface area contributed by atoms with Gasteiger partial charge in [0.25, 0.3) is 0 Å². The molecule has 1 N–H and O–H groups in total. The zero-order valence-corrected chi connectivity index (χ0v) is 14.3. The molecule has 0 aromatic heterocycles. The molecule has 0 saturated carbocycles. The Bertz CT molecular complexity index is 714. The molecule has 1 aliphatic heterocycles. The van der Waals surface area contributed by atoms with Crippen LogP contribution in [0.15, 0.2) is 48.5 Å². The third-order valence-electron chi connectivity index (χ3n) is 4.52. The minimum absolute atomic E-state index is 0.00169. The van der Waals surface area contributed by atoms with E-state index >= 15 is 0 Å². The second-order valence-corrected chi connectivity index (χ2v) is 6.28. The first-order chi connectivity index (χ1) is 11.7. The van der Waals surface area contributed by atoms with Gasteiger partial charge in [-0.05, 0) is 43.0 Å². The average Bonchev–Trinajstić information content (AvgIpc) is 3.10. The zero-order valence-electron chi connectivity index (χ0n) is 14.3. The first-order valence-corrected chi connectivity index (χ1v) is 8.41. The largest absolute Gasteiger partial charge is 0.497 e. The van der Waals surface area contributed by atoms with E-state index in [-0.39, 0.29) is 12.1 Å². The van der Waals surface area contributed by atoms with Gasteiger partial charge in [0.1, 0.15) is 5.75 Å². The number of methoxy groups -OCH3 is 1. The van der Waals surface area contributed by atoms with Crippen LogP contribution in [0.25, 0.3) is 0 Å².